The summed E-state index contributed by atoms with van der Waals surface area (Å²) in [5.41, 5.74) is 1.52. The lowest BCUT2D eigenvalue weighted by molar-refractivity contribution is -0.192. The van der Waals surface area contributed by atoms with E-state index >= 15 is 0 Å². The van der Waals surface area contributed by atoms with Crippen LogP contribution >= 0.6 is 23.2 Å². The van der Waals surface area contributed by atoms with Gasteiger partial charge in [0.15, 0.2) is 0 Å². The van der Waals surface area contributed by atoms with Crippen LogP contribution in [0.5, 0.6) is 5.75 Å². The van der Waals surface area contributed by atoms with Gasteiger partial charge in [0.1, 0.15) is 17.7 Å². The molecule has 8 nitrogen and oxygen atoms in total. The number of piperidine rings is 1. The van der Waals surface area contributed by atoms with Crippen LogP contribution in [0.4, 0.5) is 17.6 Å². The topological polar surface area (TPSA) is 113 Å². The predicted molar refractivity (Wildman–Crippen MR) is 140 cm³/mol. The number of hydrogen-bond acceptors (Lipinski definition) is 6. The van der Waals surface area contributed by atoms with Gasteiger partial charge in [0.25, 0.3) is 5.91 Å². The molecule has 0 atom stereocenters. The van der Waals surface area contributed by atoms with Crippen LogP contribution in [0.25, 0.3) is 0 Å². The Balaban J connectivity index is 0.000000559. The number of carbonyl (C=O) groups excluding carboxylic acids is 1. The molecule has 1 aliphatic carbocycles. The maximum absolute atomic E-state index is 14.7. The predicted octanol–water partition coefficient (Wildman–Crippen LogP) is 5.38. The molecule has 4 rings (SSSR count). The normalized spacial score (nSPS) is 16.6. The van der Waals surface area contributed by atoms with Crippen molar-refractivity contribution in [3.8, 4) is 5.75 Å². The molecule has 1 saturated carbocycles. The highest BCUT2D eigenvalue weighted by molar-refractivity contribution is 7.89. The molecule has 2 aliphatic rings. The third-order valence-electron chi connectivity index (χ3n) is 6.13. The standard InChI is InChI=1S/C23H25Cl2FN2O4S.C2HF3O2/c1-33(30,31)27-23(29)19-12-18(14-2-3-14)15(10-21(19)26)13-28-8-6-17(7-9-28)32-22-5-4-16(24)11-20(22)25;3-2(4,5)1(6)7/h4-5,10-12,14,17H,2-3,6-9,13H2,1H3,(H,27,29);(H,6,7). The molecule has 2 aromatic rings. The Morgan fingerprint density at radius 2 is 1.70 bits per heavy atom. The smallest absolute Gasteiger partial charge is 0.489 e. The van der Waals surface area contributed by atoms with Crippen LogP contribution in [0.3, 0.4) is 0 Å². The first-order chi connectivity index (χ1) is 18.5. The van der Waals surface area contributed by atoms with Crippen molar-refractivity contribution in [1.82, 2.24) is 9.62 Å². The van der Waals surface area contributed by atoms with Crippen LogP contribution < -0.4 is 9.46 Å². The minimum atomic E-state index is -5.08. The molecule has 1 heterocycles. The van der Waals surface area contributed by atoms with Crippen LogP contribution in [-0.4, -0.2) is 61.9 Å². The summed E-state index contributed by atoms with van der Waals surface area (Å²) < 4.78 is 77.1. The highest BCUT2D eigenvalue weighted by Crippen LogP contribution is 2.43. The van der Waals surface area contributed by atoms with Gasteiger partial charge in [0, 0.05) is 24.7 Å². The summed E-state index contributed by atoms with van der Waals surface area (Å²) in [7, 11) is -3.77. The van der Waals surface area contributed by atoms with Gasteiger partial charge in [-0.05, 0) is 73.1 Å². The molecule has 1 amide bonds. The summed E-state index contributed by atoms with van der Waals surface area (Å²) in [5, 5.41) is 8.16. The first kappa shape index (κ1) is 31.9. The number of alkyl halides is 3. The fourth-order valence-corrected chi connectivity index (χ4v) is 5.02. The zero-order valence-corrected chi connectivity index (χ0v) is 23.4. The molecule has 2 N–H and O–H groups in total. The molecule has 40 heavy (non-hydrogen) atoms. The Kier molecular flexibility index (Phi) is 10.3. The van der Waals surface area contributed by atoms with Gasteiger partial charge < -0.3 is 9.84 Å². The summed E-state index contributed by atoms with van der Waals surface area (Å²) in [5.74, 6) is -3.53. The number of carboxylic acid groups (broad SMARTS) is 1. The fourth-order valence-electron chi connectivity index (χ4n) is 4.12. The molecule has 2 aromatic carbocycles. The Bertz CT molecular complexity index is 1360. The number of nitrogens with one attached hydrogen (secondary N) is 1. The van der Waals surface area contributed by atoms with E-state index in [-0.39, 0.29) is 17.6 Å². The molecule has 0 unspecified atom stereocenters. The molecule has 1 aliphatic heterocycles. The van der Waals surface area contributed by atoms with E-state index in [1.807, 2.05) is 4.72 Å². The lowest BCUT2D eigenvalue weighted by atomic mass is 9.97. The SMILES string of the molecule is CS(=O)(=O)NC(=O)c1cc(C2CC2)c(CN2CCC(Oc3ccc(Cl)cc3Cl)CC2)cc1F.O=C(O)C(F)(F)F. The first-order valence-corrected chi connectivity index (χ1v) is 14.7. The lowest BCUT2D eigenvalue weighted by Gasteiger charge is -2.33. The van der Waals surface area contributed by atoms with Crippen LogP contribution in [0.1, 0.15) is 53.1 Å². The minimum absolute atomic E-state index is 0.0293. The van der Waals surface area contributed by atoms with Gasteiger partial charge >= 0.3 is 12.1 Å². The van der Waals surface area contributed by atoms with E-state index in [2.05, 4.69) is 4.90 Å². The molecule has 2 fully saturated rings. The second kappa shape index (κ2) is 12.9. The Morgan fingerprint density at radius 1 is 1.10 bits per heavy atom. The van der Waals surface area contributed by atoms with Gasteiger partial charge in [-0.3, -0.25) is 9.69 Å². The van der Waals surface area contributed by atoms with Gasteiger partial charge in [-0.2, -0.15) is 13.2 Å². The van der Waals surface area contributed by atoms with Gasteiger partial charge in [0.2, 0.25) is 10.0 Å². The van der Waals surface area contributed by atoms with Crippen molar-refractivity contribution in [2.45, 2.75) is 50.4 Å². The van der Waals surface area contributed by atoms with Gasteiger partial charge in [-0.25, -0.2) is 22.3 Å². The Hall–Kier alpha value is -2.61. The summed E-state index contributed by atoms with van der Waals surface area (Å²) in [6.45, 7) is 2.11. The molecule has 0 bridgehead atoms. The van der Waals surface area contributed by atoms with Crippen molar-refractivity contribution in [3.05, 3.63) is 62.9 Å². The average Bonchev–Trinajstić information content (AvgIpc) is 3.66. The van der Waals surface area contributed by atoms with Crippen molar-refractivity contribution >= 4 is 45.1 Å². The highest BCUT2D eigenvalue weighted by Gasteiger charge is 2.38. The van der Waals surface area contributed by atoms with Gasteiger partial charge in [0.05, 0.1) is 16.8 Å². The van der Waals surface area contributed by atoms with Crippen molar-refractivity contribution < 1.29 is 45.4 Å². The minimum Gasteiger partial charge on any atom is -0.489 e. The van der Waals surface area contributed by atoms with Crippen molar-refractivity contribution in [3.63, 3.8) is 0 Å². The van der Waals surface area contributed by atoms with Crippen LogP contribution in [0, 0.1) is 5.82 Å². The number of sulfonamides is 1. The largest absolute Gasteiger partial charge is 0.490 e. The number of benzene rings is 2. The summed E-state index contributed by atoms with van der Waals surface area (Å²) >= 11 is 12.1. The fraction of sp³-hybridized carbons (Fsp3) is 0.440. The second-order valence-corrected chi connectivity index (χ2v) is 12.1. The monoisotopic (exact) mass is 628 g/mol. The van der Waals surface area contributed by atoms with E-state index in [9.17, 15) is 30.8 Å². The number of carboxylic acids is 1. The van der Waals surface area contributed by atoms with Crippen LogP contribution in [-0.2, 0) is 21.4 Å². The average molecular weight is 629 g/mol. The van der Waals surface area contributed by atoms with E-state index < -0.39 is 33.9 Å². The van der Waals surface area contributed by atoms with Crippen molar-refractivity contribution in [2.75, 3.05) is 19.3 Å². The maximum Gasteiger partial charge on any atom is 0.490 e. The summed E-state index contributed by atoms with van der Waals surface area (Å²) in [6.07, 6.45) is -0.633. The zero-order chi connectivity index (χ0) is 29.8. The van der Waals surface area contributed by atoms with Crippen LogP contribution in [0.15, 0.2) is 30.3 Å². The molecular weight excluding hydrogens is 603 g/mol. The third-order valence-corrected chi connectivity index (χ3v) is 7.21. The van der Waals surface area contributed by atoms with E-state index in [1.165, 1.54) is 12.1 Å². The number of aliphatic carboxylic acids is 1. The summed E-state index contributed by atoms with van der Waals surface area (Å²) in [4.78, 5) is 23.4. The number of hydrogen-bond donors (Lipinski definition) is 2. The molecule has 1 saturated heterocycles. The zero-order valence-electron chi connectivity index (χ0n) is 21.1. The third kappa shape index (κ3) is 9.50. The number of carbonyl (C=O) groups is 2. The van der Waals surface area contributed by atoms with E-state index in [1.54, 1.807) is 18.2 Å². The molecule has 0 radical (unpaired) electrons. The molecule has 0 spiro atoms. The van der Waals surface area contributed by atoms with Crippen LogP contribution in [0.2, 0.25) is 10.0 Å². The maximum atomic E-state index is 14.7. The first-order valence-electron chi connectivity index (χ1n) is 12.0. The molecular formula is C25H26Cl2F4N2O6S. The van der Waals surface area contributed by atoms with Gasteiger partial charge in [-0.15, -0.1) is 0 Å². The number of rotatable bonds is 7. The van der Waals surface area contributed by atoms with Gasteiger partial charge in [-0.1, -0.05) is 23.2 Å². The molecule has 220 valence electrons. The number of amides is 1. The number of likely N-dealkylation sites (tertiary alicyclic amines) is 1. The van der Waals surface area contributed by atoms with E-state index in [4.69, 9.17) is 37.8 Å². The molecule has 15 heteroatoms. The quantitative estimate of drug-likeness (QED) is 0.396. The summed E-state index contributed by atoms with van der Waals surface area (Å²) in [6, 6.07) is 8.05. The highest BCUT2D eigenvalue weighted by atomic mass is 35.5. The number of halogens is 6. The van der Waals surface area contributed by atoms with E-state index in [0.717, 1.165) is 56.2 Å². The Labute approximate surface area is 238 Å². The van der Waals surface area contributed by atoms with Crippen molar-refractivity contribution in [2.24, 2.45) is 0 Å². The van der Waals surface area contributed by atoms with E-state index in [0.29, 0.717) is 22.3 Å². The second-order valence-electron chi connectivity index (χ2n) is 9.48. The van der Waals surface area contributed by atoms with Crippen molar-refractivity contribution in [1.29, 1.82) is 0 Å². The lowest BCUT2D eigenvalue weighted by Crippen LogP contribution is -2.38. The number of ether oxygens (including phenoxy) is 1. The Morgan fingerprint density at radius 3 is 2.20 bits per heavy atom. The number of nitrogens with zero attached hydrogens (tertiary/aromatic N) is 1. The molecule has 0 aromatic heterocycles.